The van der Waals surface area contributed by atoms with E-state index in [0.29, 0.717) is 32.6 Å². The van der Waals surface area contributed by atoms with Crippen LogP contribution in [0, 0.1) is 19.3 Å². The first-order chi connectivity index (χ1) is 17.1. The van der Waals surface area contributed by atoms with Gasteiger partial charge in [0.25, 0.3) is 5.92 Å². The lowest BCUT2D eigenvalue weighted by Gasteiger charge is -2.49. The number of aliphatic carboxylic acids is 1. The highest BCUT2D eigenvalue weighted by molar-refractivity contribution is 5.84. The maximum absolute atomic E-state index is 14.8. The van der Waals surface area contributed by atoms with Gasteiger partial charge in [-0.05, 0) is 38.3 Å². The molecule has 2 fully saturated rings. The van der Waals surface area contributed by atoms with Gasteiger partial charge in [0.05, 0.1) is 29.9 Å². The topological polar surface area (TPSA) is 78.7 Å². The zero-order chi connectivity index (χ0) is 27.6. The number of likely N-dealkylation sites (tertiary alicyclic amines) is 2. The minimum absolute atomic E-state index is 0.138. The van der Waals surface area contributed by atoms with Gasteiger partial charge in [-0.2, -0.15) is 18.3 Å². The van der Waals surface area contributed by atoms with Crippen molar-refractivity contribution in [3.8, 4) is 0 Å². The summed E-state index contributed by atoms with van der Waals surface area (Å²) >= 11 is 0. The minimum atomic E-state index is -5.08. The maximum Gasteiger partial charge on any atom is 0.490 e. The average Bonchev–Trinajstić information content (AvgIpc) is 3.07. The molecule has 2 aliphatic heterocycles. The fraction of sp³-hybridized carbons (Fsp3) is 0.560. The molecule has 0 bridgehead atoms. The second-order valence-corrected chi connectivity index (χ2v) is 9.98. The zero-order valence-corrected chi connectivity index (χ0v) is 21.0. The van der Waals surface area contributed by atoms with E-state index in [-0.39, 0.29) is 18.9 Å². The summed E-state index contributed by atoms with van der Waals surface area (Å²) in [4.78, 5) is 25.9. The standard InChI is InChI=1S/C23H30F2N4O.C2HF3O2/c1-17-6-4-7-19(10-17)12-28-15-22(14-23(24,25)16-28)8-5-9-29(21(22)30)13-20-11-18(2)26-27(20)3;3-2(4,5)1(6)7/h4,6-7,10-11H,5,8-9,12-16H2,1-3H3;(H,6,7). The molecule has 1 aromatic carbocycles. The normalized spacial score (nSPS) is 22.1. The zero-order valence-electron chi connectivity index (χ0n) is 21.0. The van der Waals surface area contributed by atoms with E-state index in [9.17, 15) is 26.7 Å². The van der Waals surface area contributed by atoms with Crippen LogP contribution in [0.3, 0.4) is 0 Å². The van der Waals surface area contributed by atoms with Crippen molar-refractivity contribution < 1.29 is 36.6 Å². The Kier molecular flexibility index (Phi) is 8.31. The van der Waals surface area contributed by atoms with Gasteiger partial charge in [-0.1, -0.05) is 29.8 Å². The summed E-state index contributed by atoms with van der Waals surface area (Å²) in [5.41, 5.74) is 2.92. The van der Waals surface area contributed by atoms with Crippen LogP contribution in [-0.4, -0.2) is 68.3 Å². The van der Waals surface area contributed by atoms with Gasteiger partial charge in [-0.25, -0.2) is 13.6 Å². The van der Waals surface area contributed by atoms with Gasteiger partial charge in [0.15, 0.2) is 0 Å². The third kappa shape index (κ3) is 7.27. The summed E-state index contributed by atoms with van der Waals surface area (Å²) in [5.74, 6) is -5.77. The van der Waals surface area contributed by atoms with E-state index < -0.39 is 23.5 Å². The van der Waals surface area contributed by atoms with E-state index in [1.165, 1.54) is 0 Å². The van der Waals surface area contributed by atoms with Crippen LogP contribution in [0.1, 0.15) is 41.8 Å². The highest BCUT2D eigenvalue weighted by Gasteiger charge is 2.55. The number of nitrogens with zero attached hydrogens (tertiary/aromatic N) is 4. The lowest BCUT2D eigenvalue weighted by atomic mass is 9.71. The summed E-state index contributed by atoms with van der Waals surface area (Å²) < 4.78 is 63.2. The number of aryl methyl sites for hydroxylation is 3. The third-order valence-corrected chi connectivity index (χ3v) is 6.59. The van der Waals surface area contributed by atoms with Crippen molar-refractivity contribution in [1.82, 2.24) is 19.6 Å². The second-order valence-electron chi connectivity index (χ2n) is 9.98. The molecule has 1 aromatic heterocycles. The average molecular weight is 531 g/mol. The Morgan fingerprint density at radius 3 is 2.38 bits per heavy atom. The highest BCUT2D eigenvalue weighted by atomic mass is 19.4. The lowest BCUT2D eigenvalue weighted by Crippen LogP contribution is -2.60. The van der Waals surface area contributed by atoms with Gasteiger partial charge < -0.3 is 10.0 Å². The van der Waals surface area contributed by atoms with Gasteiger partial charge in [-0.3, -0.25) is 14.4 Å². The monoisotopic (exact) mass is 530 g/mol. The van der Waals surface area contributed by atoms with Crippen LogP contribution in [0.4, 0.5) is 22.0 Å². The molecule has 2 aliphatic rings. The Labute approximate surface area is 211 Å². The molecule has 204 valence electrons. The predicted molar refractivity (Wildman–Crippen MR) is 125 cm³/mol. The summed E-state index contributed by atoms with van der Waals surface area (Å²) in [7, 11) is 1.85. The van der Waals surface area contributed by atoms with Crippen LogP contribution in [0.2, 0.25) is 0 Å². The molecule has 1 amide bonds. The van der Waals surface area contributed by atoms with Crippen molar-refractivity contribution in [3.05, 3.63) is 52.8 Å². The molecule has 2 saturated heterocycles. The van der Waals surface area contributed by atoms with Crippen LogP contribution in [0.25, 0.3) is 0 Å². The van der Waals surface area contributed by atoms with E-state index in [1.807, 2.05) is 51.2 Å². The molecule has 1 N–H and O–H groups in total. The molecule has 37 heavy (non-hydrogen) atoms. The van der Waals surface area contributed by atoms with Gasteiger partial charge in [0, 0.05) is 33.1 Å². The number of hydrogen-bond acceptors (Lipinski definition) is 4. The number of aromatic nitrogens is 2. The van der Waals surface area contributed by atoms with Crippen molar-refractivity contribution in [1.29, 1.82) is 0 Å². The van der Waals surface area contributed by atoms with Crippen LogP contribution in [0.5, 0.6) is 0 Å². The van der Waals surface area contributed by atoms with Gasteiger partial charge in [-0.15, -0.1) is 0 Å². The molecular weight excluding hydrogens is 499 g/mol. The van der Waals surface area contributed by atoms with E-state index in [1.54, 1.807) is 14.5 Å². The Hall–Kier alpha value is -3.02. The Morgan fingerprint density at radius 2 is 1.81 bits per heavy atom. The van der Waals surface area contributed by atoms with E-state index in [2.05, 4.69) is 5.10 Å². The van der Waals surface area contributed by atoms with Gasteiger partial charge in [0.1, 0.15) is 0 Å². The molecule has 1 unspecified atom stereocenters. The van der Waals surface area contributed by atoms with Crippen molar-refractivity contribution in [3.63, 3.8) is 0 Å². The molecule has 0 saturated carbocycles. The number of rotatable bonds is 4. The fourth-order valence-electron chi connectivity index (χ4n) is 5.22. The first kappa shape index (κ1) is 28.5. The lowest BCUT2D eigenvalue weighted by molar-refractivity contribution is -0.192. The smallest absolute Gasteiger partial charge is 0.475 e. The van der Waals surface area contributed by atoms with Crippen LogP contribution in [0.15, 0.2) is 30.3 Å². The second kappa shape index (κ2) is 10.8. The minimum Gasteiger partial charge on any atom is -0.475 e. The summed E-state index contributed by atoms with van der Waals surface area (Å²) in [6.07, 6.45) is -4.17. The maximum atomic E-state index is 14.8. The first-order valence-electron chi connectivity index (χ1n) is 11.8. The number of carbonyl (C=O) groups is 2. The Morgan fingerprint density at radius 1 is 1.14 bits per heavy atom. The molecule has 4 rings (SSSR count). The quantitative estimate of drug-likeness (QED) is 0.596. The number of carbonyl (C=O) groups excluding carboxylic acids is 1. The van der Waals surface area contributed by atoms with Crippen molar-refractivity contribution in [2.24, 2.45) is 12.5 Å². The highest BCUT2D eigenvalue weighted by Crippen LogP contribution is 2.45. The van der Waals surface area contributed by atoms with Crippen molar-refractivity contribution in [2.75, 3.05) is 19.6 Å². The molecule has 1 spiro atoms. The first-order valence-corrected chi connectivity index (χ1v) is 11.8. The van der Waals surface area contributed by atoms with Crippen molar-refractivity contribution >= 4 is 11.9 Å². The number of benzene rings is 1. The largest absolute Gasteiger partial charge is 0.490 e. The Bertz CT molecular complexity index is 1130. The Balaban J connectivity index is 0.000000479. The summed E-state index contributed by atoms with van der Waals surface area (Å²) in [6.45, 7) is 5.46. The van der Waals surface area contributed by atoms with E-state index >= 15 is 0 Å². The summed E-state index contributed by atoms with van der Waals surface area (Å²) in [5, 5.41) is 11.5. The molecule has 2 aromatic rings. The molecule has 12 heteroatoms. The molecule has 7 nitrogen and oxygen atoms in total. The molecule has 0 aliphatic carbocycles. The number of halogens is 5. The number of carboxylic acids is 1. The molecular formula is C25H31F5N4O3. The molecule has 1 atom stereocenters. The third-order valence-electron chi connectivity index (χ3n) is 6.59. The van der Waals surface area contributed by atoms with Crippen LogP contribution >= 0.6 is 0 Å². The number of piperidine rings is 2. The molecule has 0 radical (unpaired) electrons. The predicted octanol–water partition coefficient (Wildman–Crippen LogP) is 4.32. The number of alkyl halides is 5. The SMILES string of the molecule is Cc1cccc(CN2CC(F)(F)CC3(CCCN(Cc4cc(C)nn4C)C3=O)C2)c1.O=C(O)C(F)(F)F. The van der Waals surface area contributed by atoms with E-state index in [4.69, 9.17) is 9.90 Å². The van der Waals surface area contributed by atoms with Crippen LogP contribution < -0.4 is 0 Å². The van der Waals surface area contributed by atoms with Crippen molar-refractivity contribution in [2.45, 2.75) is 58.3 Å². The van der Waals surface area contributed by atoms with Crippen LogP contribution in [-0.2, 0) is 29.7 Å². The van der Waals surface area contributed by atoms with Gasteiger partial charge >= 0.3 is 12.1 Å². The summed E-state index contributed by atoms with van der Waals surface area (Å²) in [6, 6.07) is 9.89. The van der Waals surface area contributed by atoms with E-state index in [0.717, 1.165) is 28.9 Å². The van der Waals surface area contributed by atoms with Gasteiger partial charge in [0.2, 0.25) is 5.91 Å². The number of carboxylic acid groups (broad SMARTS) is 1. The molecule has 3 heterocycles. The number of amides is 1. The number of hydrogen-bond donors (Lipinski definition) is 1. The fourth-order valence-corrected chi connectivity index (χ4v) is 5.22.